The van der Waals surface area contributed by atoms with Crippen LogP contribution in [-0.2, 0) is 33.3 Å². The van der Waals surface area contributed by atoms with Crippen molar-refractivity contribution in [1.29, 1.82) is 0 Å². The van der Waals surface area contributed by atoms with Gasteiger partial charge in [0.1, 0.15) is 24.4 Å². The number of rotatable bonds is 2. The Bertz CT molecular complexity index is 736. The Kier molecular flexibility index (Phi) is 3.77. The Labute approximate surface area is 151 Å². The topological polar surface area (TPSA) is 91.4 Å². The highest BCUT2D eigenvalue weighted by molar-refractivity contribution is 5.92. The first-order valence-electron chi connectivity index (χ1n) is 8.89. The van der Waals surface area contributed by atoms with Gasteiger partial charge in [-0.15, -0.1) is 0 Å². The highest BCUT2D eigenvalue weighted by Gasteiger charge is 2.65. The standard InChI is InChI=1S/C19H22O7/c1-8(2)16(20)24-12-6-10-5-11(23-18(10)22)7-19(4)15(26-19)14-13(12)9(3)17(21)25-14/h5,8,11-15H,3,6-7H2,1-2,4H3. The summed E-state index contributed by atoms with van der Waals surface area (Å²) in [5.74, 6) is -2.22. The maximum absolute atomic E-state index is 12.2. The first-order chi connectivity index (χ1) is 12.2. The summed E-state index contributed by atoms with van der Waals surface area (Å²) < 4.78 is 22.5. The molecule has 6 atom stereocenters. The zero-order chi connectivity index (χ0) is 18.8. The summed E-state index contributed by atoms with van der Waals surface area (Å²) in [6, 6.07) is 0. The molecule has 4 aliphatic rings. The summed E-state index contributed by atoms with van der Waals surface area (Å²) in [6.45, 7) is 9.21. The van der Waals surface area contributed by atoms with Crippen molar-refractivity contribution in [2.45, 2.75) is 63.6 Å². The maximum atomic E-state index is 12.2. The fraction of sp³-hybridized carbons (Fsp3) is 0.632. The molecule has 7 nitrogen and oxygen atoms in total. The van der Waals surface area contributed by atoms with Crippen molar-refractivity contribution >= 4 is 17.9 Å². The zero-order valence-corrected chi connectivity index (χ0v) is 15.0. The van der Waals surface area contributed by atoms with Crippen LogP contribution >= 0.6 is 0 Å². The lowest BCUT2D eigenvalue weighted by molar-refractivity contribution is -0.157. The molecule has 4 rings (SSSR count). The highest BCUT2D eigenvalue weighted by Crippen LogP contribution is 2.51. The SMILES string of the molecule is C=C1C(=O)OC2C1C(OC(=O)C(C)C)CC1=CC(CC3(C)OC23)OC1=O. The van der Waals surface area contributed by atoms with E-state index in [-0.39, 0.29) is 30.1 Å². The molecular weight excluding hydrogens is 340 g/mol. The Morgan fingerprint density at radius 3 is 2.73 bits per heavy atom. The van der Waals surface area contributed by atoms with Crippen LogP contribution in [0.25, 0.3) is 0 Å². The minimum atomic E-state index is -0.738. The second-order valence-electron chi connectivity index (χ2n) is 7.95. The van der Waals surface area contributed by atoms with E-state index in [1.807, 2.05) is 6.92 Å². The van der Waals surface area contributed by atoms with Gasteiger partial charge in [0.15, 0.2) is 0 Å². The number of epoxide rings is 1. The predicted molar refractivity (Wildman–Crippen MR) is 87.7 cm³/mol. The molecule has 0 aromatic rings. The monoisotopic (exact) mass is 362 g/mol. The lowest BCUT2D eigenvalue weighted by atomic mass is 9.82. The molecule has 3 heterocycles. The van der Waals surface area contributed by atoms with Gasteiger partial charge in [0, 0.05) is 24.0 Å². The number of hydrogen-bond donors (Lipinski definition) is 0. The minimum Gasteiger partial charge on any atom is -0.461 e. The average molecular weight is 362 g/mol. The molecule has 0 aromatic heterocycles. The fourth-order valence-corrected chi connectivity index (χ4v) is 4.06. The molecule has 0 radical (unpaired) electrons. The van der Waals surface area contributed by atoms with Crippen LogP contribution in [0.15, 0.2) is 23.8 Å². The summed E-state index contributed by atoms with van der Waals surface area (Å²) in [5.41, 5.74) is 0.137. The van der Waals surface area contributed by atoms with Crippen LogP contribution in [0.5, 0.6) is 0 Å². The van der Waals surface area contributed by atoms with E-state index in [9.17, 15) is 14.4 Å². The number of carbonyl (C=O) groups is 3. The third kappa shape index (κ3) is 2.65. The highest BCUT2D eigenvalue weighted by atomic mass is 16.7. The molecular formula is C19H22O7. The fourth-order valence-electron chi connectivity index (χ4n) is 4.06. The molecule has 2 saturated heterocycles. The smallest absolute Gasteiger partial charge is 0.334 e. The molecule has 2 fully saturated rings. The second-order valence-corrected chi connectivity index (χ2v) is 7.95. The van der Waals surface area contributed by atoms with Crippen molar-refractivity contribution in [3.8, 4) is 0 Å². The van der Waals surface area contributed by atoms with E-state index in [0.717, 1.165) is 0 Å². The van der Waals surface area contributed by atoms with Crippen LogP contribution in [0, 0.1) is 11.8 Å². The average Bonchev–Trinajstić information content (AvgIpc) is 2.96. The van der Waals surface area contributed by atoms with Gasteiger partial charge in [0.2, 0.25) is 0 Å². The van der Waals surface area contributed by atoms with Gasteiger partial charge < -0.3 is 18.9 Å². The van der Waals surface area contributed by atoms with Crippen molar-refractivity contribution in [3.05, 3.63) is 23.8 Å². The van der Waals surface area contributed by atoms with Crippen LogP contribution in [0.2, 0.25) is 0 Å². The molecule has 26 heavy (non-hydrogen) atoms. The summed E-state index contributed by atoms with van der Waals surface area (Å²) in [6.07, 6.45) is 0.376. The molecule has 140 valence electrons. The number of hydrogen-bond acceptors (Lipinski definition) is 7. The molecule has 3 aliphatic heterocycles. The van der Waals surface area contributed by atoms with Gasteiger partial charge in [0.05, 0.1) is 17.4 Å². The Balaban J connectivity index is 1.72. The Morgan fingerprint density at radius 2 is 2.04 bits per heavy atom. The second kappa shape index (κ2) is 5.67. The molecule has 0 N–H and O–H groups in total. The minimum absolute atomic E-state index is 0.161. The molecule has 0 spiro atoms. The molecule has 0 amide bonds. The van der Waals surface area contributed by atoms with Crippen molar-refractivity contribution in [2.24, 2.45) is 11.8 Å². The van der Waals surface area contributed by atoms with E-state index < -0.39 is 41.6 Å². The summed E-state index contributed by atoms with van der Waals surface area (Å²) in [4.78, 5) is 36.6. The third-order valence-electron chi connectivity index (χ3n) is 5.58. The molecule has 0 aromatic carbocycles. The third-order valence-corrected chi connectivity index (χ3v) is 5.58. The van der Waals surface area contributed by atoms with Crippen molar-refractivity contribution in [3.63, 3.8) is 0 Å². The number of esters is 3. The predicted octanol–water partition coefficient (Wildman–Crippen LogP) is 1.46. The van der Waals surface area contributed by atoms with E-state index in [1.165, 1.54) is 0 Å². The lowest BCUT2D eigenvalue weighted by Crippen LogP contribution is -2.39. The van der Waals surface area contributed by atoms with Gasteiger partial charge in [-0.05, 0) is 13.0 Å². The van der Waals surface area contributed by atoms with Gasteiger partial charge >= 0.3 is 17.9 Å². The van der Waals surface area contributed by atoms with Crippen molar-refractivity contribution in [2.75, 3.05) is 0 Å². The van der Waals surface area contributed by atoms with Crippen molar-refractivity contribution < 1.29 is 33.3 Å². The van der Waals surface area contributed by atoms with E-state index in [2.05, 4.69) is 6.58 Å². The molecule has 1 aliphatic carbocycles. The van der Waals surface area contributed by atoms with Gasteiger partial charge in [-0.1, -0.05) is 20.4 Å². The molecule has 0 saturated carbocycles. The zero-order valence-electron chi connectivity index (χ0n) is 15.0. The van der Waals surface area contributed by atoms with E-state index >= 15 is 0 Å². The molecule has 2 bridgehead atoms. The van der Waals surface area contributed by atoms with E-state index in [0.29, 0.717) is 12.0 Å². The van der Waals surface area contributed by atoms with E-state index in [4.69, 9.17) is 18.9 Å². The van der Waals surface area contributed by atoms with Crippen LogP contribution in [-0.4, -0.2) is 47.9 Å². The van der Waals surface area contributed by atoms with Gasteiger partial charge in [-0.25, -0.2) is 9.59 Å². The summed E-state index contributed by atoms with van der Waals surface area (Å²) in [5, 5.41) is 0. The summed E-state index contributed by atoms with van der Waals surface area (Å²) in [7, 11) is 0. The lowest BCUT2D eigenvalue weighted by Gasteiger charge is -2.27. The molecule has 7 heteroatoms. The van der Waals surface area contributed by atoms with Crippen LogP contribution in [0.4, 0.5) is 0 Å². The van der Waals surface area contributed by atoms with Gasteiger partial charge in [0.25, 0.3) is 0 Å². The maximum Gasteiger partial charge on any atom is 0.334 e. The van der Waals surface area contributed by atoms with Gasteiger partial charge in [-0.2, -0.15) is 0 Å². The number of ether oxygens (including phenoxy) is 4. The first kappa shape index (κ1) is 17.3. The normalized spacial score (nSPS) is 41.0. The molecule has 6 unspecified atom stereocenters. The van der Waals surface area contributed by atoms with Crippen LogP contribution < -0.4 is 0 Å². The number of fused-ring (bicyclic) bond motifs is 4. The van der Waals surface area contributed by atoms with Gasteiger partial charge in [-0.3, -0.25) is 4.79 Å². The largest absolute Gasteiger partial charge is 0.461 e. The Morgan fingerprint density at radius 1 is 1.31 bits per heavy atom. The quantitative estimate of drug-likeness (QED) is 0.318. The van der Waals surface area contributed by atoms with Crippen LogP contribution in [0.3, 0.4) is 0 Å². The van der Waals surface area contributed by atoms with Crippen LogP contribution in [0.1, 0.15) is 33.6 Å². The Hall–Kier alpha value is -2.15. The van der Waals surface area contributed by atoms with E-state index in [1.54, 1.807) is 19.9 Å². The summed E-state index contributed by atoms with van der Waals surface area (Å²) >= 11 is 0. The first-order valence-corrected chi connectivity index (χ1v) is 8.89. The van der Waals surface area contributed by atoms with Crippen molar-refractivity contribution in [1.82, 2.24) is 0 Å². The number of carbonyl (C=O) groups excluding carboxylic acids is 3.